The van der Waals surface area contributed by atoms with Gasteiger partial charge in [0, 0.05) is 5.56 Å². The average molecular weight is 270 g/mol. The van der Waals surface area contributed by atoms with Crippen LogP contribution in [0.25, 0.3) is 11.0 Å². The summed E-state index contributed by atoms with van der Waals surface area (Å²) < 4.78 is 11.3. The van der Waals surface area contributed by atoms with Crippen LogP contribution in [0.2, 0.25) is 0 Å². The highest BCUT2D eigenvalue weighted by atomic mass is 16.5. The molecule has 0 aliphatic heterocycles. The van der Waals surface area contributed by atoms with E-state index in [1.54, 1.807) is 0 Å². The second-order valence-electron chi connectivity index (χ2n) is 5.58. The monoisotopic (exact) mass is 270 g/mol. The number of rotatable bonds is 3. The Morgan fingerprint density at radius 1 is 1.35 bits per heavy atom. The van der Waals surface area contributed by atoms with Crippen molar-refractivity contribution in [1.29, 1.82) is 0 Å². The molecule has 0 spiro atoms. The van der Waals surface area contributed by atoms with Crippen molar-refractivity contribution in [2.24, 2.45) is 0 Å². The van der Waals surface area contributed by atoms with Crippen molar-refractivity contribution in [1.82, 2.24) is 0 Å². The van der Waals surface area contributed by atoms with Gasteiger partial charge in [0.1, 0.15) is 17.9 Å². The predicted molar refractivity (Wildman–Crippen MR) is 79.6 cm³/mol. The van der Waals surface area contributed by atoms with Gasteiger partial charge in [-0.3, -0.25) is 0 Å². The lowest BCUT2D eigenvalue weighted by Gasteiger charge is -2.12. The van der Waals surface area contributed by atoms with Gasteiger partial charge in [0.15, 0.2) is 0 Å². The molecular weight excluding hydrogens is 252 g/mol. The van der Waals surface area contributed by atoms with Crippen LogP contribution in [0.15, 0.2) is 33.5 Å². The third-order valence-corrected chi connectivity index (χ3v) is 3.65. The van der Waals surface area contributed by atoms with E-state index in [1.165, 1.54) is 0 Å². The van der Waals surface area contributed by atoms with Crippen molar-refractivity contribution >= 4 is 11.0 Å². The Morgan fingerprint density at radius 3 is 2.85 bits per heavy atom. The molecule has 2 aromatic rings. The highest BCUT2D eigenvalue weighted by molar-refractivity contribution is 5.88. The smallest absolute Gasteiger partial charge is 0.339 e. The summed E-state index contributed by atoms with van der Waals surface area (Å²) in [4.78, 5) is 12.0. The lowest BCUT2D eigenvalue weighted by atomic mass is 10.0. The maximum atomic E-state index is 12.0. The van der Waals surface area contributed by atoms with Crippen LogP contribution in [0.1, 0.15) is 30.0 Å². The van der Waals surface area contributed by atoms with Gasteiger partial charge in [-0.15, -0.1) is 0 Å². The summed E-state index contributed by atoms with van der Waals surface area (Å²) >= 11 is 0. The Balaban J connectivity index is 2.25. The summed E-state index contributed by atoms with van der Waals surface area (Å²) in [7, 11) is 0. The Labute approximate surface area is 117 Å². The second kappa shape index (κ2) is 4.82. The summed E-state index contributed by atoms with van der Waals surface area (Å²) in [5.74, 6) is 0.796. The largest absolute Gasteiger partial charge is 0.488 e. The Kier molecular flexibility index (Phi) is 3.13. The number of ether oxygens (including phenoxy) is 1. The third kappa shape index (κ3) is 2.13. The fraction of sp³-hybridized carbons (Fsp3) is 0.353. The van der Waals surface area contributed by atoms with E-state index >= 15 is 0 Å². The van der Waals surface area contributed by atoms with Crippen molar-refractivity contribution in [2.45, 2.75) is 33.1 Å². The predicted octanol–water partition coefficient (Wildman–Crippen LogP) is 3.55. The Hall–Kier alpha value is -2.03. The quantitative estimate of drug-likeness (QED) is 0.632. The molecule has 1 aliphatic rings. The van der Waals surface area contributed by atoms with Gasteiger partial charge in [-0.05, 0) is 61.9 Å². The Morgan fingerprint density at radius 2 is 2.10 bits per heavy atom. The molecule has 0 atom stereocenters. The average Bonchev–Trinajstić information content (AvgIpc) is 2.85. The maximum Gasteiger partial charge on any atom is 0.339 e. The standard InChI is InChI=1S/C17H18O3/c1-10(2)9-19-14-7-11(3)8-15-16(14)12-5-4-6-13(12)17(18)20-15/h7-8H,1,4-6,9H2,2-3H3. The molecule has 104 valence electrons. The van der Waals surface area contributed by atoms with Crippen molar-refractivity contribution in [3.05, 3.63) is 51.4 Å². The van der Waals surface area contributed by atoms with Crippen molar-refractivity contribution in [3.8, 4) is 5.75 Å². The minimum atomic E-state index is -0.193. The highest BCUT2D eigenvalue weighted by Gasteiger charge is 2.22. The number of hydrogen-bond acceptors (Lipinski definition) is 3. The lowest BCUT2D eigenvalue weighted by molar-refractivity contribution is 0.356. The SMILES string of the molecule is C=C(C)COc1cc(C)cc2oc(=O)c3c(c12)CCC3. The van der Waals surface area contributed by atoms with Gasteiger partial charge >= 0.3 is 5.63 Å². The molecule has 1 aromatic carbocycles. The van der Waals surface area contributed by atoms with Gasteiger partial charge in [-0.2, -0.15) is 0 Å². The van der Waals surface area contributed by atoms with Gasteiger partial charge in [0.25, 0.3) is 0 Å². The van der Waals surface area contributed by atoms with E-state index in [1.807, 2.05) is 26.0 Å². The first-order valence-electron chi connectivity index (χ1n) is 6.92. The fourth-order valence-electron chi connectivity index (χ4n) is 2.82. The van der Waals surface area contributed by atoms with Crippen LogP contribution in [-0.2, 0) is 12.8 Å². The van der Waals surface area contributed by atoms with E-state index in [4.69, 9.17) is 9.15 Å². The highest BCUT2D eigenvalue weighted by Crippen LogP contribution is 2.35. The number of benzene rings is 1. The normalized spacial score (nSPS) is 13.5. The lowest BCUT2D eigenvalue weighted by Crippen LogP contribution is -2.08. The first-order chi connectivity index (χ1) is 9.56. The minimum Gasteiger partial charge on any atom is -0.488 e. The molecule has 1 aromatic heterocycles. The topological polar surface area (TPSA) is 39.4 Å². The van der Waals surface area contributed by atoms with Crippen LogP contribution in [0.5, 0.6) is 5.75 Å². The molecule has 0 bridgehead atoms. The van der Waals surface area contributed by atoms with Gasteiger partial charge in [0.2, 0.25) is 0 Å². The molecule has 3 nitrogen and oxygen atoms in total. The van der Waals surface area contributed by atoms with Gasteiger partial charge < -0.3 is 9.15 Å². The fourth-order valence-corrected chi connectivity index (χ4v) is 2.82. The van der Waals surface area contributed by atoms with Gasteiger partial charge in [-0.25, -0.2) is 4.79 Å². The Bertz CT molecular complexity index is 753. The van der Waals surface area contributed by atoms with Crippen LogP contribution >= 0.6 is 0 Å². The molecule has 0 radical (unpaired) electrons. The first kappa shape index (κ1) is 13.0. The molecule has 0 saturated heterocycles. The molecular formula is C17H18O3. The summed E-state index contributed by atoms with van der Waals surface area (Å²) in [6.45, 7) is 8.25. The van der Waals surface area contributed by atoms with Gasteiger partial charge in [0.05, 0.1) is 5.39 Å². The maximum absolute atomic E-state index is 12.0. The number of aryl methyl sites for hydroxylation is 2. The molecule has 0 unspecified atom stereocenters. The summed E-state index contributed by atoms with van der Waals surface area (Å²) in [5.41, 5.74) is 4.35. The van der Waals surface area contributed by atoms with E-state index < -0.39 is 0 Å². The number of fused-ring (bicyclic) bond motifs is 3. The van der Waals surface area contributed by atoms with Crippen LogP contribution in [0.3, 0.4) is 0 Å². The summed E-state index contributed by atoms with van der Waals surface area (Å²) in [6.07, 6.45) is 2.73. The van der Waals surface area contributed by atoms with Crippen LogP contribution < -0.4 is 10.4 Å². The molecule has 1 heterocycles. The summed E-state index contributed by atoms with van der Waals surface area (Å²) in [5, 5.41) is 0.962. The van der Waals surface area contributed by atoms with Crippen molar-refractivity contribution < 1.29 is 9.15 Å². The molecule has 0 fully saturated rings. The molecule has 0 N–H and O–H groups in total. The molecule has 3 rings (SSSR count). The summed E-state index contributed by atoms with van der Waals surface area (Å²) in [6, 6.07) is 3.91. The molecule has 0 amide bonds. The van der Waals surface area contributed by atoms with E-state index in [-0.39, 0.29) is 5.63 Å². The molecule has 1 aliphatic carbocycles. The zero-order valence-electron chi connectivity index (χ0n) is 11.9. The van der Waals surface area contributed by atoms with E-state index in [9.17, 15) is 4.79 Å². The molecule has 3 heteroatoms. The van der Waals surface area contributed by atoms with Crippen LogP contribution in [-0.4, -0.2) is 6.61 Å². The minimum absolute atomic E-state index is 0.193. The zero-order chi connectivity index (χ0) is 14.3. The van der Waals surface area contributed by atoms with Crippen molar-refractivity contribution in [3.63, 3.8) is 0 Å². The van der Waals surface area contributed by atoms with E-state index in [0.29, 0.717) is 12.2 Å². The van der Waals surface area contributed by atoms with E-state index in [2.05, 4.69) is 6.58 Å². The second-order valence-corrected chi connectivity index (χ2v) is 5.58. The molecule has 20 heavy (non-hydrogen) atoms. The van der Waals surface area contributed by atoms with Crippen LogP contribution in [0.4, 0.5) is 0 Å². The number of hydrogen-bond donors (Lipinski definition) is 0. The zero-order valence-corrected chi connectivity index (χ0v) is 11.9. The third-order valence-electron chi connectivity index (χ3n) is 3.65. The van der Waals surface area contributed by atoms with Crippen LogP contribution in [0, 0.1) is 6.92 Å². The molecule has 0 saturated carbocycles. The van der Waals surface area contributed by atoms with Crippen molar-refractivity contribution in [2.75, 3.05) is 6.61 Å². The first-order valence-corrected chi connectivity index (χ1v) is 6.92. The van der Waals surface area contributed by atoms with Gasteiger partial charge in [-0.1, -0.05) is 6.58 Å². The van der Waals surface area contributed by atoms with E-state index in [0.717, 1.165) is 52.7 Å².